The summed E-state index contributed by atoms with van der Waals surface area (Å²) in [5.41, 5.74) is 5.02. The fourth-order valence-electron chi connectivity index (χ4n) is 2.85. The van der Waals surface area contributed by atoms with Gasteiger partial charge in [-0.2, -0.15) is 0 Å². The average molecular weight is 369 g/mol. The summed E-state index contributed by atoms with van der Waals surface area (Å²) in [6, 6.07) is 38.5. The molecule has 0 saturated carbocycles. The molecule has 0 saturated heterocycles. The normalized spacial score (nSPS) is 10.0. The minimum atomic E-state index is 1.25. The highest BCUT2D eigenvalue weighted by Crippen LogP contribution is 2.32. The topological polar surface area (TPSA) is 0 Å². The van der Waals surface area contributed by atoms with Gasteiger partial charge in [-0.1, -0.05) is 111 Å². The van der Waals surface area contributed by atoms with Gasteiger partial charge in [0.05, 0.1) is 0 Å². The summed E-state index contributed by atoms with van der Waals surface area (Å²) >= 11 is 1.80. The molecule has 0 amide bonds. The van der Waals surface area contributed by atoms with Crippen LogP contribution in [-0.2, 0) is 0 Å². The fourth-order valence-corrected chi connectivity index (χ4v) is 3.73. The lowest BCUT2D eigenvalue weighted by atomic mass is 10.1. The number of hydrogen-bond acceptors (Lipinski definition) is 1. The van der Waals surface area contributed by atoms with E-state index in [2.05, 4.69) is 103 Å². The summed E-state index contributed by atoms with van der Waals surface area (Å²) in [5.74, 6) is 0. The molecule has 0 aromatic heterocycles. The molecule has 0 nitrogen and oxygen atoms in total. The summed E-state index contributed by atoms with van der Waals surface area (Å²) in [7, 11) is 0. The zero-order chi connectivity index (χ0) is 18.9. The molecule has 134 valence electrons. The van der Waals surface area contributed by atoms with Crippen molar-refractivity contribution in [1.29, 1.82) is 0 Å². The number of benzene rings is 4. The maximum absolute atomic E-state index is 2.26. The molecule has 0 aliphatic heterocycles. The molecule has 27 heavy (non-hydrogen) atoms. The van der Waals surface area contributed by atoms with Crippen molar-refractivity contribution < 1.29 is 0 Å². The molecule has 0 N–H and O–H groups in total. The molecule has 0 radical (unpaired) electrons. The third kappa shape index (κ3) is 5.12. The third-order valence-electron chi connectivity index (χ3n) is 4.14. The van der Waals surface area contributed by atoms with Crippen LogP contribution in [0.1, 0.15) is 13.8 Å². The summed E-state index contributed by atoms with van der Waals surface area (Å²) in [6.07, 6.45) is 0. The monoisotopic (exact) mass is 368 g/mol. The Balaban J connectivity index is 0.00000102. The molecule has 4 aromatic rings. The van der Waals surface area contributed by atoms with Crippen LogP contribution in [0.2, 0.25) is 0 Å². The van der Waals surface area contributed by atoms with E-state index in [1.807, 2.05) is 19.9 Å². The summed E-state index contributed by atoms with van der Waals surface area (Å²) in [6.45, 7) is 4.00. The molecule has 4 rings (SSSR count). The minimum Gasteiger partial charge on any atom is -0.0901 e. The van der Waals surface area contributed by atoms with Crippen LogP contribution < -0.4 is 0 Å². The Morgan fingerprint density at radius 2 is 0.889 bits per heavy atom. The molecule has 4 aromatic carbocycles. The van der Waals surface area contributed by atoms with Crippen molar-refractivity contribution >= 4 is 11.8 Å². The minimum absolute atomic E-state index is 1.25. The molecule has 0 fully saturated rings. The van der Waals surface area contributed by atoms with Crippen molar-refractivity contribution in [2.24, 2.45) is 0 Å². The van der Waals surface area contributed by atoms with E-state index in [0.29, 0.717) is 0 Å². The van der Waals surface area contributed by atoms with Gasteiger partial charge in [-0.15, -0.1) is 0 Å². The maximum Gasteiger partial charge on any atom is 0.0128 e. The molecule has 0 atom stereocenters. The number of hydrogen-bond donors (Lipinski definition) is 0. The van der Waals surface area contributed by atoms with Crippen LogP contribution in [0.5, 0.6) is 0 Å². The Morgan fingerprint density at radius 3 is 1.48 bits per heavy atom. The van der Waals surface area contributed by atoms with Crippen LogP contribution in [-0.4, -0.2) is 0 Å². The molecule has 0 aliphatic carbocycles. The Labute approximate surface area is 166 Å². The fraction of sp³-hybridized carbons (Fsp3) is 0.0769. The molecular weight excluding hydrogens is 344 g/mol. The lowest BCUT2D eigenvalue weighted by Gasteiger charge is -2.07. The van der Waals surface area contributed by atoms with E-state index in [0.717, 1.165) is 0 Å². The standard InChI is InChI=1S/C24H18S.C2H6/c1-3-8-19(9-4-1)21-14-16-23(17-15-21)25-24-13-7-12-22(18-24)20-10-5-2-6-11-20;1-2/h1-18H;1-2H3. The van der Waals surface area contributed by atoms with Crippen molar-refractivity contribution in [3.8, 4) is 22.3 Å². The smallest absolute Gasteiger partial charge is 0.0128 e. The molecule has 0 heterocycles. The Morgan fingerprint density at radius 1 is 0.407 bits per heavy atom. The van der Waals surface area contributed by atoms with Gasteiger partial charge in [0, 0.05) is 9.79 Å². The van der Waals surface area contributed by atoms with E-state index in [4.69, 9.17) is 0 Å². The largest absolute Gasteiger partial charge is 0.0901 e. The second kappa shape index (κ2) is 9.80. The van der Waals surface area contributed by atoms with Crippen molar-refractivity contribution in [3.05, 3.63) is 109 Å². The van der Waals surface area contributed by atoms with E-state index >= 15 is 0 Å². The van der Waals surface area contributed by atoms with Gasteiger partial charge < -0.3 is 0 Å². The van der Waals surface area contributed by atoms with Crippen LogP contribution in [0.4, 0.5) is 0 Å². The first kappa shape index (κ1) is 19.0. The predicted molar refractivity (Wildman–Crippen MR) is 119 cm³/mol. The van der Waals surface area contributed by atoms with E-state index in [-0.39, 0.29) is 0 Å². The molecule has 0 aliphatic rings. The zero-order valence-electron chi connectivity index (χ0n) is 15.8. The zero-order valence-corrected chi connectivity index (χ0v) is 16.6. The van der Waals surface area contributed by atoms with Crippen molar-refractivity contribution in [1.82, 2.24) is 0 Å². The molecule has 0 spiro atoms. The van der Waals surface area contributed by atoms with Gasteiger partial charge in [-0.05, 0) is 46.5 Å². The maximum atomic E-state index is 2.26. The van der Waals surface area contributed by atoms with Crippen molar-refractivity contribution in [2.45, 2.75) is 23.6 Å². The van der Waals surface area contributed by atoms with Gasteiger partial charge in [0.15, 0.2) is 0 Å². The lowest BCUT2D eigenvalue weighted by molar-refractivity contribution is 1.40. The van der Waals surface area contributed by atoms with E-state index < -0.39 is 0 Å². The predicted octanol–water partition coefficient (Wildman–Crippen LogP) is 8.20. The lowest BCUT2D eigenvalue weighted by Crippen LogP contribution is -1.80. The molecule has 0 bridgehead atoms. The van der Waals surface area contributed by atoms with Crippen LogP contribution in [0, 0.1) is 0 Å². The van der Waals surface area contributed by atoms with E-state index in [9.17, 15) is 0 Å². The van der Waals surface area contributed by atoms with Crippen molar-refractivity contribution in [3.63, 3.8) is 0 Å². The van der Waals surface area contributed by atoms with Crippen LogP contribution >= 0.6 is 11.8 Å². The molecule has 1 heteroatoms. The summed E-state index contributed by atoms with van der Waals surface area (Å²) in [4.78, 5) is 2.51. The van der Waals surface area contributed by atoms with Crippen molar-refractivity contribution in [2.75, 3.05) is 0 Å². The highest BCUT2D eigenvalue weighted by molar-refractivity contribution is 7.99. The Hall–Kier alpha value is -2.77. The third-order valence-corrected chi connectivity index (χ3v) is 5.14. The van der Waals surface area contributed by atoms with Crippen LogP contribution in [0.3, 0.4) is 0 Å². The Bertz CT molecular complexity index is 942. The summed E-state index contributed by atoms with van der Waals surface area (Å²) in [5, 5.41) is 0. The van der Waals surface area contributed by atoms with Gasteiger partial charge >= 0.3 is 0 Å². The van der Waals surface area contributed by atoms with Gasteiger partial charge in [0.2, 0.25) is 0 Å². The van der Waals surface area contributed by atoms with E-state index in [1.165, 1.54) is 32.0 Å². The van der Waals surface area contributed by atoms with Gasteiger partial charge in [0.1, 0.15) is 0 Å². The van der Waals surface area contributed by atoms with Gasteiger partial charge in [-0.25, -0.2) is 0 Å². The molecule has 0 unspecified atom stereocenters. The van der Waals surface area contributed by atoms with Gasteiger partial charge in [0.25, 0.3) is 0 Å². The average Bonchev–Trinajstić information content (AvgIpc) is 2.77. The summed E-state index contributed by atoms with van der Waals surface area (Å²) < 4.78 is 0. The second-order valence-corrected chi connectivity index (χ2v) is 7.03. The Kier molecular flexibility index (Phi) is 6.90. The quantitative estimate of drug-likeness (QED) is 0.350. The first-order chi connectivity index (χ1) is 13.4. The van der Waals surface area contributed by atoms with Crippen LogP contribution in [0.15, 0.2) is 119 Å². The molecular formula is C26H24S. The first-order valence-corrected chi connectivity index (χ1v) is 10.2. The highest BCUT2D eigenvalue weighted by Gasteiger charge is 2.02. The highest BCUT2D eigenvalue weighted by atomic mass is 32.2. The number of rotatable bonds is 4. The first-order valence-electron chi connectivity index (χ1n) is 9.37. The SMILES string of the molecule is CC.c1ccc(-c2ccc(Sc3cccc(-c4ccccc4)c3)cc2)cc1. The van der Waals surface area contributed by atoms with Gasteiger partial charge in [-0.3, -0.25) is 0 Å². The second-order valence-electron chi connectivity index (χ2n) is 5.89. The van der Waals surface area contributed by atoms with E-state index in [1.54, 1.807) is 11.8 Å². The van der Waals surface area contributed by atoms with Crippen LogP contribution in [0.25, 0.3) is 22.3 Å².